The molecule has 0 aliphatic carbocycles. The molecular weight excluding hydrogens is 401 g/mol. The summed E-state index contributed by atoms with van der Waals surface area (Å²) in [6.45, 7) is 2.95. The lowest BCUT2D eigenvalue weighted by molar-refractivity contribution is 0.0642. The SMILES string of the molecule is CC1c2cc(F)ccc2CCN1C(=O)c1ccc(Cn2cc(Br)cn2)o1. The summed E-state index contributed by atoms with van der Waals surface area (Å²) in [7, 11) is 0. The van der Waals surface area contributed by atoms with Gasteiger partial charge in [0.25, 0.3) is 5.91 Å². The van der Waals surface area contributed by atoms with E-state index in [0.29, 0.717) is 25.3 Å². The average molecular weight is 418 g/mol. The van der Waals surface area contributed by atoms with E-state index < -0.39 is 0 Å². The van der Waals surface area contributed by atoms with Crippen molar-refractivity contribution in [1.29, 1.82) is 0 Å². The number of fused-ring (bicyclic) bond motifs is 1. The van der Waals surface area contributed by atoms with Crippen LogP contribution in [0.1, 0.15) is 40.4 Å². The van der Waals surface area contributed by atoms with Gasteiger partial charge in [-0.05, 0) is 64.7 Å². The van der Waals surface area contributed by atoms with Crippen LogP contribution in [0.5, 0.6) is 0 Å². The zero-order valence-electron chi connectivity index (χ0n) is 14.2. The maximum absolute atomic E-state index is 13.6. The van der Waals surface area contributed by atoms with Crippen LogP contribution in [0.4, 0.5) is 4.39 Å². The van der Waals surface area contributed by atoms with Crippen molar-refractivity contribution >= 4 is 21.8 Å². The molecule has 26 heavy (non-hydrogen) atoms. The number of halogens is 2. The van der Waals surface area contributed by atoms with Gasteiger partial charge < -0.3 is 9.32 Å². The molecule has 4 rings (SSSR count). The number of carbonyl (C=O) groups excluding carboxylic acids is 1. The molecule has 1 aliphatic rings. The van der Waals surface area contributed by atoms with Crippen molar-refractivity contribution in [2.45, 2.75) is 25.9 Å². The number of aromatic nitrogens is 2. The molecule has 0 saturated heterocycles. The first-order chi connectivity index (χ1) is 12.5. The Morgan fingerprint density at radius 3 is 3.00 bits per heavy atom. The minimum Gasteiger partial charge on any atom is -0.454 e. The number of hydrogen-bond donors (Lipinski definition) is 0. The van der Waals surface area contributed by atoms with Crippen molar-refractivity contribution in [2.75, 3.05) is 6.54 Å². The predicted molar refractivity (Wildman–Crippen MR) is 97.3 cm³/mol. The fraction of sp³-hybridized carbons (Fsp3) is 0.263. The molecule has 2 aromatic heterocycles. The molecule has 1 amide bonds. The zero-order valence-corrected chi connectivity index (χ0v) is 15.7. The molecule has 3 aromatic rings. The maximum atomic E-state index is 13.6. The van der Waals surface area contributed by atoms with Crippen molar-refractivity contribution in [1.82, 2.24) is 14.7 Å². The second-order valence-electron chi connectivity index (χ2n) is 6.39. The quantitative estimate of drug-likeness (QED) is 0.641. The summed E-state index contributed by atoms with van der Waals surface area (Å²) in [4.78, 5) is 14.6. The number of furan rings is 1. The molecule has 0 saturated carbocycles. The minimum atomic E-state index is -0.282. The Morgan fingerprint density at radius 1 is 1.38 bits per heavy atom. The van der Waals surface area contributed by atoms with Crippen LogP contribution >= 0.6 is 15.9 Å². The molecule has 7 heteroatoms. The summed E-state index contributed by atoms with van der Waals surface area (Å²) >= 11 is 3.35. The van der Waals surface area contributed by atoms with Gasteiger partial charge in [0, 0.05) is 12.7 Å². The standard InChI is InChI=1S/C19H17BrFN3O2/c1-12-17-8-15(21)3-2-13(17)6-7-24(12)19(25)18-5-4-16(26-18)11-23-10-14(20)9-22-23/h2-5,8-10,12H,6-7,11H2,1H3. The Balaban J connectivity index is 1.53. The number of nitrogens with zero attached hydrogens (tertiary/aromatic N) is 3. The molecule has 0 N–H and O–H groups in total. The topological polar surface area (TPSA) is 51.3 Å². The van der Waals surface area contributed by atoms with Crippen molar-refractivity contribution < 1.29 is 13.6 Å². The van der Waals surface area contributed by atoms with Crippen LogP contribution in [0.2, 0.25) is 0 Å². The fourth-order valence-corrected chi connectivity index (χ4v) is 3.69. The number of benzene rings is 1. The fourth-order valence-electron chi connectivity index (χ4n) is 3.37. The largest absolute Gasteiger partial charge is 0.454 e. The van der Waals surface area contributed by atoms with Gasteiger partial charge in [-0.2, -0.15) is 5.10 Å². The lowest BCUT2D eigenvalue weighted by Crippen LogP contribution is -2.38. The molecule has 3 heterocycles. The van der Waals surface area contributed by atoms with Crippen LogP contribution in [-0.2, 0) is 13.0 Å². The maximum Gasteiger partial charge on any atom is 0.290 e. The molecule has 1 unspecified atom stereocenters. The third kappa shape index (κ3) is 3.19. The van der Waals surface area contributed by atoms with Crippen LogP contribution < -0.4 is 0 Å². The smallest absolute Gasteiger partial charge is 0.290 e. The van der Waals surface area contributed by atoms with Crippen molar-refractivity contribution in [2.24, 2.45) is 0 Å². The third-order valence-electron chi connectivity index (χ3n) is 4.70. The van der Waals surface area contributed by atoms with Gasteiger partial charge in [-0.3, -0.25) is 9.48 Å². The van der Waals surface area contributed by atoms with Crippen LogP contribution in [0.15, 0.2) is 51.6 Å². The second-order valence-corrected chi connectivity index (χ2v) is 7.31. The summed E-state index contributed by atoms with van der Waals surface area (Å²) < 4.78 is 21.9. The minimum absolute atomic E-state index is 0.180. The van der Waals surface area contributed by atoms with E-state index in [1.54, 1.807) is 34.0 Å². The van der Waals surface area contributed by atoms with Gasteiger partial charge >= 0.3 is 0 Å². The second kappa shape index (κ2) is 6.72. The summed E-state index contributed by atoms with van der Waals surface area (Å²) in [5.41, 5.74) is 1.95. The third-order valence-corrected chi connectivity index (χ3v) is 5.11. The van der Waals surface area contributed by atoms with Crippen LogP contribution in [0.25, 0.3) is 0 Å². The van der Waals surface area contributed by atoms with Gasteiger partial charge in [0.15, 0.2) is 5.76 Å². The van der Waals surface area contributed by atoms with Crippen molar-refractivity contribution in [3.8, 4) is 0 Å². The molecule has 0 bridgehead atoms. The van der Waals surface area contributed by atoms with E-state index >= 15 is 0 Å². The molecule has 0 fully saturated rings. The van der Waals surface area contributed by atoms with Crippen molar-refractivity contribution in [3.63, 3.8) is 0 Å². The molecule has 1 aliphatic heterocycles. The Bertz CT molecular complexity index is 965. The van der Waals surface area contributed by atoms with E-state index in [9.17, 15) is 9.18 Å². The number of rotatable bonds is 3. The van der Waals surface area contributed by atoms with E-state index in [2.05, 4.69) is 21.0 Å². The average Bonchev–Trinajstić information content (AvgIpc) is 3.25. The highest BCUT2D eigenvalue weighted by Gasteiger charge is 2.30. The monoisotopic (exact) mass is 417 g/mol. The predicted octanol–water partition coefficient (Wildman–Crippen LogP) is 4.19. The Hall–Kier alpha value is -2.41. The van der Waals surface area contributed by atoms with Gasteiger partial charge in [0.05, 0.1) is 23.3 Å². The molecule has 0 spiro atoms. The molecule has 1 atom stereocenters. The molecule has 1 aromatic carbocycles. The van der Waals surface area contributed by atoms with E-state index in [-0.39, 0.29) is 23.5 Å². The number of hydrogen-bond acceptors (Lipinski definition) is 3. The van der Waals surface area contributed by atoms with Crippen LogP contribution in [-0.4, -0.2) is 27.1 Å². The summed E-state index contributed by atoms with van der Waals surface area (Å²) in [6, 6.07) is 8.06. The number of amides is 1. The first kappa shape index (κ1) is 17.0. The highest BCUT2D eigenvalue weighted by molar-refractivity contribution is 9.10. The van der Waals surface area contributed by atoms with Gasteiger partial charge in [-0.25, -0.2) is 4.39 Å². The normalized spacial score (nSPS) is 16.6. The summed E-state index contributed by atoms with van der Waals surface area (Å²) in [5, 5.41) is 4.18. The number of carbonyl (C=O) groups is 1. The van der Waals surface area contributed by atoms with Gasteiger partial charge in [0.2, 0.25) is 0 Å². The highest BCUT2D eigenvalue weighted by atomic mass is 79.9. The molecule has 0 radical (unpaired) electrons. The Labute approximate surface area is 158 Å². The summed E-state index contributed by atoms with van der Waals surface area (Å²) in [5.74, 6) is 0.480. The van der Waals surface area contributed by atoms with Crippen molar-refractivity contribution in [3.05, 3.63) is 75.7 Å². The van der Waals surface area contributed by atoms with Gasteiger partial charge in [-0.1, -0.05) is 6.07 Å². The lowest BCUT2D eigenvalue weighted by atomic mass is 9.93. The van der Waals surface area contributed by atoms with Gasteiger partial charge in [-0.15, -0.1) is 0 Å². The van der Waals surface area contributed by atoms with Crippen LogP contribution in [0, 0.1) is 5.82 Å². The molecule has 134 valence electrons. The van der Waals surface area contributed by atoms with E-state index in [4.69, 9.17) is 4.42 Å². The molecule has 5 nitrogen and oxygen atoms in total. The summed E-state index contributed by atoms with van der Waals surface area (Å²) in [6.07, 6.45) is 4.24. The molecular formula is C19H17BrFN3O2. The first-order valence-corrected chi connectivity index (χ1v) is 9.16. The lowest BCUT2D eigenvalue weighted by Gasteiger charge is -2.34. The first-order valence-electron chi connectivity index (χ1n) is 8.37. The van der Waals surface area contributed by atoms with E-state index in [0.717, 1.165) is 15.6 Å². The Kier molecular flexibility index (Phi) is 4.40. The van der Waals surface area contributed by atoms with E-state index in [1.165, 1.54) is 12.1 Å². The van der Waals surface area contributed by atoms with Gasteiger partial charge in [0.1, 0.15) is 11.6 Å². The Morgan fingerprint density at radius 2 is 2.23 bits per heavy atom. The highest BCUT2D eigenvalue weighted by Crippen LogP contribution is 2.31. The zero-order chi connectivity index (χ0) is 18.3. The van der Waals surface area contributed by atoms with Crippen LogP contribution in [0.3, 0.4) is 0 Å². The van der Waals surface area contributed by atoms with E-state index in [1.807, 2.05) is 13.1 Å².